The number of benzene rings is 1. The first-order valence-corrected chi connectivity index (χ1v) is 7.06. The summed E-state index contributed by atoms with van der Waals surface area (Å²) in [6, 6.07) is 7.00. The highest BCUT2D eigenvalue weighted by atomic mass is 19.1. The molecule has 22 heavy (non-hydrogen) atoms. The highest BCUT2D eigenvalue weighted by Crippen LogP contribution is 2.39. The lowest BCUT2D eigenvalue weighted by Gasteiger charge is -2.26. The van der Waals surface area contributed by atoms with Gasteiger partial charge >= 0.3 is 0 Å². The van der Waals surface area contributed by atoms with Gasteiger partial charge in [-0.05, 0) is 43.0 Å². The number of hydrogen-bond donors (Lipinski definition) is 0. The summed E-state index contributed by atoms with van der Waals surface area (Å²) in [6.45, 7) is 0. The molecule has 1 aromatic carbocycles. The largest absolute Gasteiger partial charge is 0.377 e. The molecule has 1 heterocycles. The minimum Gasteiger partial charge on any atom is -0.377 e. The summed E-state index contributed by atoms with van der Waals surface area (Å²) in [6.07, 6.45) is 2.25. The highest BCUT2D eigenvalue weighted by molar-refractivity contribution is 5.70. The zero-order valence-corrected chi connectivity index (χ0v) is 12.1. The summed E-state index contributed by atoms with van der Waals surface area (Å²) >= 11 is 0. The Labute approximate surface area is 127 Å². The van der Waals surface area contributed by atoms with Crippen molar-refractivity contribution < 1.29 is 13.5 Å². The molecule has 0 saturated carbocycles. The summed E-state index contributed by atoms with van der Waals surface area (Å²) in [4.78, 5) is 4.33. The first-order valence-electron chi connectivity index (χ1n) is 7.06. The van der Waals surface area contributed by atoms with Gasteiger partial charge in [0.15, 0.2) is 0 Å². The van der Waals surface area contributed by atoms with Gasteiger partial charge < -0.3 is 4.74 Å². The molecule has 112 valence electrons. The molecule has 3 nitrogen and oxygen atoms in total. The van der Waals surface area contributed by atoms with Gasteiger partial charge in [-0.2, -0.15) is 5.26 Å². The third kappa shape index (κ3) is 2.46. The third-order valence-electron chi connectivity index (χ3n) is 3.96. The lowest BCUT2D eigenvalue weighted by molar-refractivity contribution is 0.0878. The van der Waals surface area contributed by atoms with E-state index < -0.39 is 11.6 Å². The Balaban J connectivity index is 2.28. The molecule has 1 atom stereocenters. The molecule has 5 heteroatoms. The Morgan fingerprint density at radius 1 is 1.27 bits per heavy atom. The van der Waals surface area contributed by atoms with Crippen LogP contribution in [-0.4, -0.2) is 12.1 Å². The number of aryl methyl sites for hydroxylation is 1. The van der Waals surface area contributed by atoms with Gasteiger partial charge in [-0.15, -0.1) is 0 Å². The SMILES string of the molecule is CO[C@@H]1CCCc2nc(C#N)cc(-c3ccc(F)cc3F)c21. The number of pyridine rings is 1. The van der Waals surface area contributed by atoms with Crippen LogP contribution in [0.5, 0.6) is 0 Å². The third-order valence-corrected chi connectivity index (χ3v) is 3.96. The van der Waals surface area contributed by atoms with Crippen LogP contribution in [0, 0.1) is 23.0 Å². The molecule has 3 rings (SSSR count). The zero-order valence-electron chi connectivity index (χ0n) is 12.1. The van der Waals surface area contributed by atoms with Crippen molar-refractivity contribution in [3.8, 4) is 17.2 Å². The number of hydrogen-bond acceptors (Lipinski definition) is 3. The molecule has 0 amide bonds. The number of ether oxygens (including phenoxy) is 1. The standard InChI is InChI=1S/C17H14F2N2O/c1-22-16-4-2-3-15-17(16)13(8-11(9-20)21-15)12-6-5-10(18)7-14(12)19/h5-8,16H,2-4H2,1H3/t16-/m1/s1. The maximum atomic E-state index is 14.2. The molecule has 1 aliphatic rings. The number of methoxy groups -OCH3 is 1. The molecular formula is C17H14F2N2O. The number of aromatic nitrogens is 1. The molecule has 0 N–H and O–H groups in total. The number of nitrogens with zero attached hydrogens (tertiary/aromatic N) is 2. The van der Waals surface area contributed by atoms with Crippen LogP contribution < -0.4 is 0 Å². The zero-order chi connectivity index (χ0) is 15.7. The minimum absolute atomic E-state index is 0.191. The molecular weight excluding hydrogens is 286 g/mol. The van der Waals surface area contributed by atoms with Crippen molar-refractivity contribution >= 4 is 0 Å². The van der Waals surface area contributed by atoms with E-state index in [0.717, 1.165) is 36.6 Å². The van der Waals surface area contributed by atoms with Crippen molar-refractivity contribution in [3.63, 3.8) is 0 Å². The number of fused-ring (bicyclic) bond motifs is 1. The predicted molar refractivity (Wildman–Crippen MR) is 77.0 cm³/mol. The van der Waals surface area contributed by atoms with Crippen LogP contribution in [-0.2, 0) is 11.2 Å². The van der Waals surface area contributed by atoms with E-state index in [2.05, 4.69) is 4.98 Å². The summed E-state index contributed by atoms with van der Waals surface area (Å²) in [5, 5.41) is 9.15. The van der Waals surface area contributed by atoms with E-state index in [4.69, 9.17) is 10.00 Å². The van der Waals surface area contributed by atoms with E-state index in [1.807, 2.05) is 6.07 Å². The Bertz CT molecular complexity index is 768. The maximum Gasteiger partial charge on any atom is 0.141 e. The van der Waals surface area contributed by atoms with Crippen LogP contribution in [0.4, 0.5) is 8.78 Å². The normalized spacial score (nSPS) is 16.9. The number of nitriles is 1. The van der Waals surface area contributed by atoms with Crippen molar-refractivity contribution in [2.24, 2.45) is 0 Å². The van der Waals surface area contributed by atoms with E-state index in [1.54, 1.807) is 13.2 Å². The van der Waals surface area contributed by atoms with E-state index in [-0.39, 0.29) is 17.4 Å². The first kappa shape index (κ1) is 14.6. The first-order chi connectivity index (χ1) is 10.6. The monoisotopic (exact) mass is 300 g/mol. The molecule has 0 fully saturated rings. The number of rotatable bonds is 2. The van der Waals surface area contributed by atoms with Gasteiger partial charge in [-0.3, -0.25) is 0 Å². The second-order valence-corrected chi connectivity index (χ2v) is 5.27. The van der Waals surface area contributed by atoms with Crippen LogP contribution in [0.15, 0.2) is 24.3 Å². The van der Waals surface area contributed by atoms with Gasteiger partial charge in [-0.25, -0.2) is 13.8 Å². The summed E-state index contributed by atoms with van der Waals surface area (Å²) in [5.74, 6) is -1.29. The smallest absolute Gasteiger partial charge is 0.141 e. The van der Waals surface area contributed by atoms with Gasteiger partial charge in [0.1, 0.15) is 23.4 Å². The van der Waals surface area contributed by atoms with Gasteiger partial charge in [0.05, 0.1) is 6.10 Å². The Kier molecular flexibility index (Phi) is 3.86. The summed E-state index contributed by atoms with van der Waals surface area (Å²) < 4.78 is 32.8. The van der Waals surface area contributed by atoms with Crippen LogP contribution in [0.1, 0.15) is 35.9 Å². The van der Waals surface area contributed by atoms with Crippen molar-refractivity contribution in [1.82, 2.24) is 4.98 Å². The molecule has 1 aromatic heterocycles. The van der Waals surface area contributed by atoms with Gasteiger partial charge in [0.25, 0.3) is 0 Å². The van der Waals surface area contributed by atoms with Crippen LogP contribution in [0.3, 0.4) is 0 Å². The minimum atomic E-state index is -0.655. The predicted octanol–water partition coefficient (Wildman–Crippen LogP) is 3.92. The van der Waals surface area contributed by atoms with E-state index in [0.29, 0.717) is 5.56 Å². The number of halogens is 2. The van der Waals surface area contributed by atoms with E-state index >= 15 is 0 Å². The fourth-order valence-electron chi connectivity index (χ4n) is 2.98. The van der Waals surface area contributed by atoms with Gasteiger partial charge in [-0.1, -0.05) is 0 Å². The van der Waals surface area contributed by atoms with Crippen molar-refractivity contribution in [2.75, 3.05) is 7.11 Å². The summed E-state index contributed by atoms with van der Waals surface area (Å²) in [5.41, 5.74) is 2.62. The lowest BCUT2D eigenvalue weighted by Crippen LogP contribution is -2.15. The Morgan fingerprint density at radius 2 is 2.09 bits per heavy atom. The van der Waals surface area contributed by atoms with E-state index in [9.17, 15) is 8.78 Å². The van der Waals surface area contributed by atoms with Crippen molar-refractivity contribution in [3.05, 3.63) is 52.9 Å². The topological polar surface area (TPSA) is 45.9 Å². The summed E-state index contributed by atoms with van der Waals surface area (Å²) in [7, 11) is 1.60. The molecule has 0 aliphatic heterocycles. The molecule has 0 unspecified atom stereocenters. The average Bonchev–Trinajstić information content (AvgIpc) is 2.53. The van der Waals surface area contributed by atoms with E-state index in [1.165, 1.54) is 12.1 Å². The van der Waals surface area contributed by atoms with Crippen LogP contribution >= 0.6 is 0 Å². The van der Waals surface area contributed by atoms with Gasteiger partial charge in [0, 0.05) is 30.0 Å². The highest BCUT2D eigenvalue weighted by Gasteiger charge is 2.26. The fraction of sp³-hybridized carbons (Fsp3) is 0.294. The van der Waals surface area contributed by atoms with Crippen LogP contribution in [0.25, 0.3) is 11.1 Å². The molecule has 0 spiro atoms. The molecule has 0 saturated heterocycles. The lowest BCUT2D eigenvalue weighted by atomic mass is 9.86. The second-order valence-electron chi connectivity index (χ2n) is 5.27. The molecule has 0 bridgehead atoms. The Morgan fingerprint density at radius 3 is 2.77 bits per heavy atom. The fourth-order valence-corrected chi connectivity index (χ4v) is 2.98. The van der Waals surface area contributed by atoms with Crippen molar-refractivity contribution in [2.45, 2.75) is 25.4 Å². The quantitative estimate of drug-likeness (QED) is 0.844. The second kappa shape index (κ2) is 5.82. The molecule has 2 aromatic rings. The van der Waals surface area contributed by atoms with Gasteiger partial charge in [0.2, 0.25) is 0 Å². The van der Waals surface area contributed by atoms with Crippen molar-refractivity contribution in [1.29, 1.82) is 5.26 Å². The van der Waals surface area contributed by atoms with Crippen LogP contribution in [0.2, 0.25) is 0 Å². The molecule has 1 aliphatic carbocycles. The Hall–Kier alpha value is -2.32. The molecule has 0 radical (unpaired) electrons. The average molecular weight is 300 g/mol. The maximum absolute atomic E-state index is 14.2.